The average Bonchev–Trinajstić information content (AvgIpc) is 3.14. The van der Waals surface area contributed by atoms with Gasteiger partial charge in [-0.3, -0.25) is 9.59 Å². The summed E-state index contributed by atoms with van der Waals surface area (Å²) in [6, 6.07) is 14.3. The second kappa shape index (κ2) is 7.46. The molecule has 1 N–H and O–H groups in total. The molecule has 0 saturated carbocycles. The van der Waals surface area contributed by atoms with Crippen molar-refractivity contribution >= 4 is 22.6 Å². The first-order valence-corrected chi connectivity index (χ1v) is 9.55. The summed E-state index contributed by atoms with van der Waals surface area (Å²) >= 11 is 0. The van der Waals surface area contributed by atoms with Crippen molar-refractivity contribution in [2.45, 2.75) is 26.8 Å². The third-order valence-corrected chi connectivity index (χ3v) is 5.16. The fourth-order valence-corrected chi connectivity index (χ4v) is 3.54. The van der Waals surface area contributed by atoms with E-state index in [2.05, 4.69) is 28.7 Å². The SMILES string of the molecule is CC(C)C(=O)NCC(=O)N1CCc2onc(-c3cccc4ccccc34)c2C1. The fraction of sp³-hybridized carbons (Fsp3) is 0.318. The first kappa shape index (κ1) is 18.2. The van der Waals surface area contributed by atoms with Crippen LogP contribution in [0.1, 0.15) is 25.2 Å². The number of amides is 2. The van der Waals surface area contributed by atoms with Crippen LogP contribution in [-0.4, -0.2) is 35.0 Å². The van der Waals surface area contributed by atoms with Crippen LogP contribution in [-0.2, 0) is 22.6 Å². The van der Waals surface area contributed by atoms with Gasteiger partial charge in [-0.05, 0) is 10.8 Å². The summed E-state index contributed by atoms with van der Waals surface area (Å²) in [4.78, 5) is 26.1. The van der Waals surface area contributed by atoms with E-state index in [1.807, 2.05) is 24.3 Å². The van der Waals surface area contributed by atoms with Crippen LogP contribution >= 0.6 is 0 Å². The molecule has 1 aliphatic heterocycles. The average molecular weight is 377 g/mol. The number of nitrogens with zero attached hydrogens (tertiary/aromatic N) is 2. The van der Waals surface area contributed by atoms with Gasteiger partial charge in [0.1, 0.15) is 11.5 Å². The van der Waals surface area contributed by atoms with Gasteiger partial charge in [0.25, 0.3) is 0 Å². The highest BCUT2D eigenvalue weighted by Crippen LogP contribution is 2.34. The van der Waals surface area contributed by atoms with Gasteiger partial charge in [-0.1, -0.05) is 61.5 Å². The summed E-state index contributed by atoms with van der Waals surface area (Å²) in [5, 5.41) is 9.27. The van der Waals surface area contributed by atoms with E-state index >= 15 is 0 Å². The first-order valence-electron chi connectivity index (χ1n) is 9.55. The number of hydrogen-bond acceptors (Lipinski definition) is 4. The molecule has 0 aliphatic carbocycles. The molecule has 0 atom stereocenters. The number of carbonyl (C=O) groups is 2. The van der Waals surface area contributed by atoms with Gasteiger partial charge in [-0.2, -0.15) is 0 Å². The minimum atomic E-state index is -0.142. The van der Waals surface area contributed by atoms with Crippen molar-refractivity contribution in [3.05, 3.63) is 53.8 Å². The summed E-state index contributed by atoms with van der Waals surface area (Å²) in [5.41, 5.74) is 2.74. The highest BCUT2D eigenvalue weighted by molar-refractivity contribution is 5.96. The molecule has 144 valence electrons. The van der Waals surface area contributed by atoms with Crippen LogP contribution in [0.4, 0.5) is 0 Å². The molecule has 1 aliphatic rings. The van der Waals surface area contributed by atoms with Gasteiger partial charge in [-0.15, -0.1) is 0 Å². The Kier molecular flexibility index (Phi) is 4.86. The molecule has 0 radical (unpaired) electrons. The van der Waals surface area contributed by atoms with E-state index in [1.54, 1.807) is 18.7 Å². The molecule has 3 aromatic rings. The van der Waals surface area contributed by atoms with Gasteiger partial charge >= 0.3 is 0 Å². The zero-order valence-corrected chi connectivity index (χ0v) is 16.1. The van der Waals surface area contributed by atoms with E-state index < -0.39 is 0 Å². The molecule has 28 heavy (non-hydrogen) atoms. The van der Waals surface area contributed by atoms with Crippen molar-refractivity contribution in [1.29, 1.82) is 0 Å². The number of aromatic nitrogens is 1. The summed E-state index contributed by atoms with van der Waals surface area (Å²) < 4.78 is 5.59. The van der Waals surface area contributed by atoms with Gasteiger partial charge in [0.05, 0.1) is 13.1 Å². The zero-order chi connectivity index (χ0) is 19.7. The van der Waals surface area contributed by atoms with Crippen LogP contribution < -0.4 is 5.32 Å². The second-order valence-corrected chi connectivity index (χ2v) is 7.40. The molecule has 2 heterocycles. The topological polar surface area (TPSA) is 75.4 Å². The summed E-state index contributed by atoms with van der Waals surface area (Å²) in [6.45, 7) is 4.63. The van der Waals surface area contributed by atoms with Crippen LogP contribution in [0.3, 0.4) is 0 Å². The molecule has 0 spiro atoms. The van der Waals surface area contributed by atoms with Crippen LogP contribution in [0, 0.1) is 5.92 Å². The number of hydrogen-bond donors (Lipinski definition) is 1. The molecule has 6 heteroatoms. The van der Waals surface area contributed by atoms with E-state index in [1.165, 1.54) is 0 Å². The predicted octanol–water partition coefficient (Wildman–Crippen LogP) is 3.15. The van der Waals surface area contributed by atoms with E-state index in [4.69, 9.17) is 4.52 Å². The van der Waals surface area contributed by atoms with Gasteiger partial charge in [0.2, 0.25) is 11.8 Å². The highest BCUT2D eigenvalue weighted by atomic mass is 16.5. The number of benzene rings is 2. The lowest BCUT2D eigenvalue weighted by Gasteiger charge is -2.26. The molecule has 2 amide bonds. The maximum atomic E-state index is 12.6. The molecular weight excluding hydrogens is 354 g/mol. The van der Waals surface area contributed by atoms with Gasteiger partial charge in [0, 0.05) is 30.0 Å². The van der Waals surface area contributed by atoms with Crippen molar-refractivity contribution in [1.82, 2.24) is 15.4 Å². The van der Waals surface area contributed by atoms with Gasteiger partial charge in [0.15, 0.2) is 0 Å². The number of fused-ring (bicyclic) bond motifs is 2. The zero-order valence-electron chi connectivity index (χ0n) is 16.1. The molecule has 0 unspecified atom stereocenters. The highest BCUT2D eigenvalue weighted by Gasteiger charge is 2.28. The van der Waals surface area contributed by atoms with Crippen LogP contribution in [0.5, 0.6) is 0 Å². The van der Waals surface area contributed by atoms with Gasteiger partial charge in [-0.25, -0.2) is 0 Å². The Morgan fingerprint density at radius 1 is 1.18 bits per heavy atom. The van der Waals surface area contributed by atoms with Crippen molar-refractivity contribution < 1.29 is 14.1 Å². The first-order chi connectivity index (χ1) is 13.5. The third kappa shape index (κ3) is 3.38. The van der Waals surface area contributed by atoms with Crippen molar-refractivity contribution in [2.24, 2.45) is 5.92 Å². The lowest BCUT2D eigenvalue weighted by atomic mass is 9.97. The summed E-state index contributed by atoms with van der Waals surface area (Å²) in [7, 11) is 0. The van der Waals surface area contributed by atoms with E-state index in [-0.39, 0.29) is 24.3 Å². The maximum Gasteiger partial charge on any atom is 0.242 e. The number of carbonyl (C=O) groups excluding carboxylic acids is 2. The maximum absolute atomic E-state index is 12.6. The number of rotatable bonds is 4. The Labute approximate surface area is 163 Å². The lowest BCUT2D eigenvalue weighted by molar-refractivity contribution is -0.134. The minimum Gasteiger partial charge on any atom is -0.360 e. The van der Waals surface area contributed by atoms with Crippen LogP contribution in [0.2, 0.25) is 0 Å². The Bertz CT molecular complexity index is 1030. The van der Waals surface area contributed by atoms with Crippen LogP contribution in [0.15, 0.2) is 47.0 Å². The Balaban J connectivity index is 1.59. The largest absolute Gasteiger partial charge is 0.360 e. The molecule has 0 saturated heterocycles. The molecule has 0 fully saturated rings. The quantitative estimate of drug-likeness (QED) is 0.758. The fourth-order valence-electron chi connectivity index (χ4n) is 3.54. The molecule has 6 nitrogen and oxygen atoms in total. The third-order valence-electron chi connectivity index (χ3n) is 5.16. The molecule has 0 bridgehead atoms. The Morgan fingerprint density at radius 3 is 2.79 bits per heavy atom. The minimum absolute atomic E-state index is 0.0151. The van der Waals surface area contributed by atoms with Crippen LogP contribution in [0.25, 0.3) is 22.0 Å². The molecule has 2 aromatic carbocycles. The summed E-state index contributed by atoms with van der Waals surface area (Å²) in [6.07, 6.45) is 0.622. The number of nitrogens with one attached hydrogen (secondary N) is 1. The van der Waals surface area contributed by atoms with Gasteiger partial charge < -0.3 is 14.7 Å². The normalized spacial score (nSPS) is 13.6. The molecule has 4 rings (SSSR count). The standard InChI is InChI=1S/C22H23N3O3/c1-14(2)22(27)23-12-20(26)25-11-10-19-18(13-25)21(24-28-19)17-9-5-7-15-6-3-4-8-16(15)17/h3-9,14H,10-13H2,1-2H3,(H,23,27). The predicted molar refractivity (Wildman–Crippen MR) is 106 cm³/mol. The van der Waals surface area contributed by atoms with E-state index in [0.717, 1.165) is 33.4 Å². The van der Waals surface area contributed by atoms with E-state index in [9.17, 15) is 9.59 Å². The Hall–Kier alpha value is -3.15. The smallest absolute Gasteiger partial charge is 0.242 e. The second-order valence-electron chi connectivity index (χ2n) is 7.40. The summed E-state index contributed by atoms with van der Waals surface area (Å²) in [5.74, 6) is 0.479. The van der Waals surface area contributed by atoms with Crippen molar-refractivity contribution in [3.8, 4) is 11.3 Å². The lowest BCUT2D eigenvalue weighted by Crippen LogP contribution is -2.43. The molecule has 1 aromatic heterocycles. The Morgan fingerprint density at radius 2 is 1.96 bits per heavy atom. The van der Waals surface area contributed by atoms with Crippen molar-refractivity contribution in [2.75, 3.05) is 13.1 Å². The monoisotopic (exact) mass is 377 g/mol. The van der Waals surface area contributed by atoms with Crippen molar-refractivity contribution in [3.63, 3.8) is 0 Å². The van der Waals surface area contributed by atoms with E-state index in [0.29, 0.717) is 19.5 Å². The molecular formula is C22H23N3O3.